The van der Waals surface area contributed by atoms with Crippen molar-refractivity contribution in [3.63, 3.8) is 0 Å². The van der Waals surface area contributed by atoms with Gasteiger partial charge in [-0.15, -0.1) is 0 Å². The number of imidazole rings is 2. The summed E-state index contributed by atoms with van der Waals surface area (Å²) >= 11 is -1.11. The zero-order valence-electron chi connectivity index (χ0n) is 15.7. The van der Waals surface area contributed by atoms with Gasteiger partial charge in [-0.1, -0.05) is 0 Å². The summed E-state index contributed by atoms with van der Waals surface area (Å²) in [6.07, 6.45) is 8.76. The van der Waals surface area contributed by atoms with Crippen LogP contribution < -0.4 is 14.5 Å². The summed E-state index contributed by atoms with van der Waals surface area (Å²) in [5, 5.41) is 0. The molecule has 28 heavy (non-hydrogen) atoms. The third-order valence-corrected chi connectivity index (χ3v) is 7.44. The van der Waals surface area contributed by atoms with E-state index in [0.29, 0.717) is 19.7 Å². The molecule has 3 aromatic rings. The monoisotopic (exact) mass is 570 g/mol. The van der Waals surface area contributed by atoms with Crippen LogP contribution in [0.2, 0.25) is 0 Å². The van der Waals surface area contributed by atoms with Crippen LogP contribution in [0.4, 0.5) is 16.2 Å². The summed E-state index contributed by atoms with van der Waals surface area (Å²) < 4.78 is 13.6. The van der Waals surface area contributed by atoms with E-state index in [2.05, 4.69) is 27.5 Å². The van der Waals surface area contributed by atoms with Crippen molar-refractivity contribution in [1.29, 1.82) is 0 Å². The molecule has 1 amide bonds. The molecule has 1 aromatic carbocycles. The molecule has 0 saturated heterocycles. The first-order valence-corrected chi connectivity index (χ1v) is 14.3. The van der Waals surface area contributed by atoms with Gasteiger partial charge in [0.2, 0.25) is 0 Å². The first-order chi connectivity index (χ1) is 13.7. The number of ether oxygens (including phenoxy) is 1. The molecular formula is C19H21N6O2Tl. The molecule has 0 unspecified atom stereocenters. The molecule has 0 atom stereocenters. The SMILES string of the molecule is [CH2]=[Tl][n]1cnc(CN2CCOc3ccc(N(CC)C(=O)n4ccnc4)cc32)c1. The van der Waals surface area contributed by atoms with Crippen molar-refractivity contribution in [2.45, 2.75) is 13.5 Å². The van der Waals surface area contributed by atoms with Gasteiger partial charge in [-0.3, -0.25) is 0 Å². The summed E-state index contributed by atoms with van der Waals surface area (Å²) in [6.45, 7) is 4.63. The topological polar surface area (TPSA) is 68.4 Å². The molecule has 0 bridgehead atoms. The van der Waals surface area contributed by atoms with Gasteiger partial charge >= 0.3 is 165 Å². The Hall–Kier alpha value is -2.50. The summed E-state index contributed by atoms with van der Waals surface area (Å²) in [6, 6.07) is 5.74. The number of aromatic nitrogens is 4. The Morgan fingerprint density at radius 2 is 2.29 bits per heavy atom. The molecule has 1 aliphatic rings. The van der Waals surface area contributed by atoms with Crippen LogP contribution in [0.3, 0.4) is 0 Å². The average Bonchev–Trinajstić information content (AvgIpc) is 3.41. The molecule has 2 aromatic heterocycles. The predicted octanol–water partition coefficient (Wildman–Crippen LogP) is 1.87. The molecular weight excluding hydrogens is 549 g/mol. The minimum atomic E-state index is -1.11. The number of hydrogen-bond donors (Lipinski definition) is 0. The van der Waals surface area contributed by atoms with Crippen molar-refractivity contribution in [2.24, 2.45) is 0 Å². The number of nitrogens with zero attached hydrogens (tertiary/aromatic N) is 6. The van der Waals surface area contributed by atoms with E-state index in [1.165, 1.54) is 10.9 Å². The molecule has 1 aliphatic heterocycles. The molecule has 0 radical (unpaired) electrons. The van der Waals surface area contributed by atoms with Crippen molar-refractivity contribution in [1.82, 2.24) is 16.9 Å². The van der Waals surface area contributed by atoms with Crippen molar-refractivity contribution >= 4 is 45.5 Å². The quantitative estimate of drug-likeness (QED) is 0.439. The molecule has 9 heteroatoms. The standard InChI is InChI=1S/C18H19N6O2.CH2.Tl/c1-2-24(18(25)23-6-5-19-13-23)15-3-4-17-16(9-15)22(7-8-26-17)11-14-10-20-12-21-14;;/h3-6,9-10,12-13H,2,7-8,11H2,1H3;1H2;/q-1;;+1. The molecule has 8 nitrogen and oxygen atoms in total. The Balaban J connectivity index is 1.63. The fraction of sp³-hybridized carbons (Fsp3) is 0.263. The van der Waals surface area contributed by atoms with Crippen LogP contribution in [-0.4, -0.2) is 70.7 Å². The molecule has 0 aliphatic carbocycles. The molecule has 4 rings (SSSR count). The Kier molecular flexibility index (Phi) is 5.55. The second kappa shape index (κ2) is 8.25. The summed E-state index contributed by atoms with van der Waals surface area (Å²) in [7, 11) is 0. The van der Waals surface area contributed by atoms with E-state index in [1.54, 1.807) is 17.3 Å². The number of carbonyl (C=O) groups is 1. The predicted molar refractivity (Wildman–Crippen MR) is 110 cm³/mol. The zero-order chi connectivity index (χ0) is 19.5. The van der Waals surface area contributed by atoms with Crippen LogP contribution in [0.25, 0.3) is 0 Å². The number of carbonyl (C=O) groups excluding carboxylic acids is 1. The molecule has 3 heterocycles. The summed E-state index contributed by atoms with van der Waals surface area (Å²) in [5.41, 5.74) is 2.84. The van der Waals surface area contributed by atoms with Crippen molar-refractivity contribution in [2.75, 3.05) is 29.5 Å². The number of benzene rings is 1. The van der Waals surface area contributed by atoms with Gasteiger partial charge in [-0.05, 0) is 0 Å². The van der Waals surface area contributed by atoms with E-state index < -0.39 is 24.0 Å². The van der Waals surface area contributed by atoms with E-state index in [9.17, 15) is 4.79 Å². The molecule has 142 valence electrons. The maximum atomic E-state index is 12.8. The second-order valence-electron chi connectivity index (χ2n) is 6.41. The molecule has 0 fully saturated rings. The zero-order valence-corrected chi connectivity index (χ0v) is 20.2. The third kappa shape index (κ3) is 3.73. The number of fused-ring (bicyclic) bond motifs is 1. The Morgan fingerprint density at radius 3 is 3.00 bits per heavy atom. The average molecular weight is 570 g/mol. The van der Waals surface area contributed by atoms with E-state index in [1.807, 2.05) is 31.5 Å². The van der Waals surface area contributed by atoms with Gasteiger partial charge in [-0.25, -0.2) is 4.98 Å². The van der Waals surface area contributed by atoms with Crippen LogP contribution in [0.5, 0.6) is 5.75 Å². The van der Waals surface area contributed by atoms with Crippen LogP contribution in [0.1, 0.15) is 12.6 Å². The van der Waals surface area contributed by atoms with Crippen molar-refractivity contribution in [3.05, 3.63) is 55.1 Å². The summed E-state index contributed by atoms with van der Waals surface area (Å²) in [4.78, 5) is 25.3. The van der Waals surface area contributed by atoms with Gasteiger partial charge in [0.1, 0.15) is 0 Å². The second-order valence-corrected chi connectivity index (χ2v) is 10.2. The van der Waals surface area contributed by atoms with Crippen LogP contribution in [0.15, 0.2) is 49.4 Å². The van der Waals surface area contributed by atoms with Gasteiger partial charge in [0, 0.05) is 6.20 Å². The van der Waals surface area contributed by atoms with E-state index in [-0.39, 0.29) is 6.03 Å². The Bertz CT molecular complexity index is 984. The molecule has 0 saturated carbocycles. The normalized spacial score (nSPS) is 12.8. The van der Waals surface area contributed by atoms with E-state index in [4.69, 9.17) is 4.74 Å². The van der Waals surface area contributed by atoms with Gasteiger partial charge < -0.3 is 0 Å². The van der Waals surface area contributed by atoms with Crippen molar-refractivity contribution < 1.29 is 9.53 Å². The number of rotatable bonds is 5. The Labute approximate surface area is 175 Å². The molecule has 0 spiro atoms. The fourth-order valence-electron chi connectivity index (χ4n) is 3.29. The van der Waals surface area contributed by atoms with Crippen LogP contribution in [-0.2, 0) is 6.54 Å². The van der Waals surface area contributed by atoms with E-state index >= 15 is 0 Å². The van der Waals surface area contributed by atoms with Crippen LogP contribution >= 0.6 is 0 Å². The van der Waals surface area contributed by atoms with Crippen molar-refractivity contribution in [3.8, 4) is 5.75 Å². The number of anilines is 2. The van der Waals surface area contributed by atoms with Gasteiger partial charge in [0.15, 0.2) is 0 Å². The number of hydrogen-bond acceptors (Lipinski definition) is 5. The van der Waals surface area contributed by atoms with E-state index in [0.717, 1.165) is 29.4 Å². The number of amides is 1. The first-order valence-electron chi connectivity index (χ1n) is 9.16. The fourth-order valence-corrected chi connectivity index (χ4v) is 4.99. The van der Waals surface area contributed by atoms with Gasteiger partial charge in [0.25, 0.3) is 0 Å². The van der Waals surface area contributed by atoms with Gasteiger partial charge in [-0.2, -0.15) is 0 Å². The first kappa shape index (κ1) is 18.8. The van der Waals surface area contributed by atoms with Crippen LogP contribution in [0, 0.1) is 0 Å². The third-order valence-electron chi connectivity index (χ3n) is 4.70. The maximum absolute atomic E-state index is 12.8. The Morgan fingerprint density at radius 1 is 1.39 bits per heavy atom. The minimum absolute atomic E-state index is 0.134. The molecule has 0 N–H and O–H groups in total. The van der Waals surface area contributed by atoms with Gasteiger partial charge in [0.05, 0.1) is 0 Å². The summed E-state index contributed by atoms with van der Waals surface area (Å²) in [5.74, 6) is 0.830.